The Bertz CT molecular complexity index is 1000. The summed E-state index contributed by atoms with van der Waals surface area (Å²) in [5.41, 5.74) is 4.67. The topological polar surface area (TPSA) is 76.1 Å². The quantitative estimate of drug-likeness (QED) is 0.628. The molecule has 0 spiro atoms. The highest BCUT2D eigenvalue weighted by molar-refractivity contribution is 5.93. The molecule has 2 N–H and O–H groups in total. The van der Waals surface area contributed by atoms with Crippen LogP contribution in [-0.2, 0) is 13.0 Å². The fraction of sp³-hybridized carbons (Fsp3) is 0.261. The summed E-state index contributed by atoms with van der Waals surface area (Å²) in [6.45, 7) is 6.36. The van der Waals surface area contributed by atoms with E-state index in [1.807, 2.05) is 30.3 Å². The second-order valence-corrected chi connectivity index (χ2v) is 6.80. The van der Waals surface area contributed by atoms with Crippen molar-refractivity contribution in [2.45, 2.75) is 33.7 Å². The number of nitrogens with zero attached hydrogens (tertiary/aromatic N) is 2. The molecule has 3 rings (SSSR count). The van der Waals surface area contributed by atoms with E-state index in [1.54, 1.807) is 20.1 Å². The molecular weight excluding hydrogens is 364 g/mol. The number of anilines is 2. The number of aryl methyl sites for hydroxylation is 3. The monoisotopic (exact) mass is 390 g/mol. The molecule has 0 atom stereocenters. The normalized spacial score (nSPS) is 10.5. The first-order valence-electron chi connectivity index (χ1n) is 9.62. The predicted molar refractivity (Wildman–Crippen MR) is 115 cm³/mol. The van der Waals surface area contributed by atoms with Crippen molar-refractivity contribution in [2.24, 2.45) is 0 Å². The number of aromatic nitrogens is 2. The molecule has 150 valence electrons. The number of benzene rings is 2. The Morgan fingerprint density at radius 2 is 1.83 bits per heavy atom. The smallest absolute Gasteiger partial charge is 0.270 e. The van der Waals surface area contributed by atoms with Gasteiger partial charge in [0.25, 0.3) is 5.91 Å². The van der Waals surface area contributed by atoms with E-state index in [1.165, 1.54) is 5.56 Å². The van der Waals surface area contributed by atoms with Gasteiger partial charge in [-0.15, -0.1) is 0 Å². The van der Waals surface area contributed by atoms with Crippen LogP contribution in [0.5, 0.6) is 5.75 Å². The van der Waals surface area contributed by atoms with Crippen molar-refractivity contribution in [3.05, 3.63) is 76.7 Å². The van der Waals surface area contributed by atoms with Gasteiger partial charge in [-0.3, -0.25) is 4.79 Å². The third-order valence-electron chi connectivity index (χ3n) is 4.68. The first-order valence-corrected chi connectivity index (χ1v) is 9.62. The Morgan fingerprint density at radius 3 is 2.52 bits per heavy atom. The van der Waals surface area contributed by atoms with Crippen LogP contribution in [-0.4, -0.2) is 23.0 Å². The Hall–Kier alpha value is -3.41. The molecule has 0 bridgehead atoms. The summed E-state index contributed by atoms with van der Waals surface area (Å²) in [6.07, 6.45) is 0.906. The first kappa shape index (κ1) is 20.3. The maximum Gasteiger partial charge on any atom is 0.270 e. The van der Waals surface area contributed by atoms with Crippen molar-refractivity contribution in [2.75, 3.05) is 12.4 Å². The molecule has 6 heteroatoms. The minimum Gasteiger partial charge on any atom is -0.497 e. The number of para-hydroxylation sites is 1. The van der Waals surface area contributed by atoms with Crippen LogP contribution < -0.4 is 15.4 Å². The number of methoxy groups -OCH3 is 1. The summed E-state index contributed by atoms with van der Waals surface area (Å²) >= 11 is 0. The van der Waals surface area contributed by atoms with E-state index in [-0.39, 0.29) is 5.91 Å². The highest BCUT2D eigenvalue weighted by Crippen LogP contribution is 2.25. The van der Waals surface area contributed by atoms with Crippen LogP contribution in [0.3, 0.4) is 0 Å². The summed E-state index contributed by atoms with van der Waals surface area (Å²) in [6, 6.07) is 15.4. The first-order chi connectivity index (χ1) is 14.0. The lowest BCUT2D eigenvalue weighted by Crippen LogP contribution is -2.24. The van der Waals surface area contributed by atoms with E-state index >= 15 is 0 Å². The highest BCUT2D eigenvalue weighted by atomic mass is 16.5. The Labute approximate surface area is 171 Å². The predicted octanol–water partition coefficient (Wildman–Crippen LogP) is 4.34. The van der Waals surface area contributed by atoms with Crippen LogP contribution >= 0.6 is 0 Å². The van der Waals surface area contributed by atoms with Crippen molar-refractivity contribution >= 4 is 17.4 Å². The van der Waals surface area contributed by atoms with Crippen molar-refractivity contribution in [1.29, 1.82) is 0 Å². The molecule has 3 aromatic rings. The lowest BCUT2D eigenvalue weighted by molar-refractivity contribution is 0.0945. The van der Waals surface area contributed by atoms with Crippen LogP contribution in [0.15, 0.2) is 48.5 Å². The highest BCUT2D eigenvalue weighted by Gasteiger charge is 2.12. The summed E-state index contributed by atoms with van der Waals surface area (Å²) < 4.78 is 5.15. The van der Waals surface area contributed by atoms with Gasteiger partial charge in [0.15, 0.2) is 0 Å². The second-order valence-electron chi connectivity index (χ2n) is 6.80. The molecule has 0 aliphatic carbocycles. The van der Waals surface area contributed by atoms with E-state index in [4.69, 9.17) is 4.74 Å². The summed E-state index contributed by atoms with van der Waals surface area (Å²) in [5, 5.41) is 6.28. The molecule has 0 unspecified atom stereocenters. The Morgan fingerprint density at radius 1 is 1.07 bits per heavy atom. The van der Waals surface area contributed by atoms with Gasteiger partial charge in [0.1, 0.15) is 23.1 Å². The van der Waals surface area contributed by atoms with E-state index in [0.29, 0.717) is 23.9 Å². The molecule has 0 aliphatic heterocycles. The third-order valence-corrected chi connectivity index (χ3v) is 4.68. The molecule has 0 radical (unpaired) electrons. The SMILES string of the molecule is CCc1cccc(C)c1Nc1cc(C(=O)NCc2ccc(OC)cc2)nc(C)n1. The van der Waals surface area contributed by atoms with Crippen molar-refractivity contribution in [1.82, 2.24) is 15.3 Å². The van der Waals surface area contributed by atoms with Crippen LogP contribution in [0.1, 0.15) is 39.9 Å². The lowest BCUT2D eigenvalue weighted by Gasteiger charge is -2.14. The van der Waals surface area contributed by atoms with Crippen molar-refractivity contribution < 1.29 is 9.53 Å². The average molecular weight is 390 g/mol. The summed E-state index contributed by atoms with van der Waals surface area (Å²) in [4.78, 5) is 21.4. The fourth-order valence-electron chi connectivity index (χ4n) is 3.09. The lowest BCUT2D eigenvalue weighted by atomic mass is 10.1. The summed E-state index contributed by atoms with van der Waals surface area (Å²) in [7, 11) is 1.63. The van der Waals surface area contributed by atoms with Gasteiger partial charge in [-0.1, -0.05) is 37.3 Å². The number of hydrogen-bond donors (Lipinski definition) is 2. The zero-order valence-corrected chi connectivity index (χ0v) is 17.2. The Kier molecular flexibility index (Phi) is 6.44. The third kappa shape index (κ3) is 5.10. The van der Waals surface area contributed by atoms with E-state index < -0.39 is 0 Å². The maximum absolute atomic E-state index is 12.6. The Balaban J connectivity index is 1.75. The largest absolute Gasteiger partial charge is 0.497 e. The maximum atomic E-state index is 12.6. The zero-order valence-electron chi connectivity index (χ0n) is 17.2. The number of carbonyl (C=O) groups excluding carboxylic acids is 1. The summed E-state index contributed by atoms with van der Waals surface area (Å²) in [5.74, 6) is 1.69. The van der Waals surface area contributed by atoms with Crippen LogP contribution in [0, 0.1) is 13.8 Å². The minimum absolute atomic E-state index is 0.241. The molecule has 2 aromatic carbocycles. The van der Waals surface area contributed by atoms with E-state index in [2.05, 4.69) is 46.6 Å². The minimum atomic E-state index is -0.241. The number of carbonyl (C=O) groups is 1. The number of rotatable bonds is 7. The molecular formula is C23H26N4O2. The average Bonchev–Trinajstić information content (AvgIpc) is 2.73. The molecule has 0 aliphatic rings. The molecule has 1 amide bonds. The van der Waals surface area contributed by atoms with Crippen LogP contribution in [0.25, 0.3) is 0 Å². The molecule has 0 fully saturated rings. The molecule has 1 heterocycles. The van der Waals surface area contributed by atoms with Crippen molar-refractivity contribution in [3.63, 3.8) is 0 Å². The molecule has 0 saturated heterocycles. The van der Waals surface area contributed by atoms with Gasteiger partial charge in [-0.05, 0) is 49.1 Å². The van der Waals surface area contributed by atoms with Gasteiger partial charge in [-0.2, -0.15) is 0 Å². The van der Waals surface area contributed by atoms with Crippen LogP contribution in [0.4, 0.5) is 11.5 Å². The van der Waals surface area contributed by atoms with Gasteiger partial charge in [-0.25, -0.2) is 9.97 Å². The number of amides is 1. The van der Waals surface area contributed by atoms with Gasteiger partial charge in [0.2, 0.25) is 0 Å². The van der Waals surface area contributed by atoms with E-state index in [9.17, 15) is 4.79 Å². The molecule has 1 aromatic heterocycles. The molecule has 0 saturated carbocycles. The van der Waals surface area contributed by atoms with Crippen LogP contribution in [0.2, 0.25) is 0 Å². The standard InChI is InChI=1S/C23H26N4O2/c1-5-18-8-6-7-15(2)22(18)27-21-13-20(25-16(3)26-21)23(28)24-14-17-9-11-19(29-4)12-10-17/h6-13H,5,14H2,1-4H3,(H,24,28)(H,25,26,27). The van der Waals surface area contributed by atoms with Gasteiger partial charge >= 0.3 is 0 Å². The second kappa shape index (κ2) is 9.19. The molecule has 6 nitrogen and oxygen atoms in total. The molecule has 29 heavy (non-hydrogen) atoms. The number of ether oxygens (including phenoxy) is 1. The fourth-order valence-corrected chi connectivity index (χ4v) is 3.09. The van der Waals surface area contributed by atoms with Gasteiger partial charge in [0, 0.05) is 18.3 Å². The zero-order chi connectivity index (χ0) is 20.8. The van der Waals surface area contributed by atoms with E-state index in [0.717, 1.165) is 29.0 Å². The number of hydrogen-bond acceptors (Lipinski definition) is 5. The van der Waals surface area contributed by atoms with Gasteiger partial charge in [0.05, 0.1) is 7.11 Å². The van der Waals surface area contributed by atoms with Crippen molar-refractivity contribution in [3.8, 4) is 5.75 Å². The number of nitrogens with one attached hydrogen (secondary N) is 2. The van der Waals surface area contributed by atoms with Gasteiger partial charge < -0.3 is 15.4 Å².